The Balaban J connectivity index is 1.25. The van der Waals surface area contributed by atoms with Crippen molar-refractivity contribution in [2.45, 2.75) is 68.4 Å². The van der Waals surface area contributed by atoms with Gasteiger partial charge < -0.3 is 20.0 Å². The second-order valence-electron chi connectivity index (χ2n) is 11.4. The number of halogens is 6. The number of furan rings is 1. The van der Waals surface area contributed by atoms with Crippen LogP contribution in [-0.2, 0) is 27.8 Å². The molecule has 2 aromatic heterocycles. The molecule has 14 heteroatoms. The molecule has 2 aliphatic heterocycles. The lowest BCUT2D eigenvalue weighted by atomic mass is 9.70. The molecule has 3 amide bonds. The Morgan fingerprint density at radius 1 is 1.28 bits per heavy atom. The number of allylic oxidation sites excluding steroid dienone is 3. The van der Waals surface area contributed by atoms with Gasteiger partial charge in [-0.1, -0.05) is 18.2 Å². The molecule has 6 rings (SSSR count). The van der Waals surface area contributed by atoms with Crippen LogP contribution in [0.25, 0.3) is 0 Å². The first-order valence-corrected chi connectivity index (χ1v) is 13.7. The van der Waals surface area contributed by atoms with Crippen molar-refractivity contribution in [3.8, 4) is 0 Å². The van der Waals surface area contributed by atoms with Gasteiger partial charge in [-0.3, -0.25) is 14.4 Å². The van der Waals surface area contributed by atoms with Crippen LogP contribution in [0.1, 0.15) is 47.2 Å². The highest BCUT2D eigenvalue weighted by atomic mass is 19.4. The first-order valence-electron chi connectivity index (χ1n) is 13.7. The Morgan fingerprint density at radius 3 is 2.79 bits per heavy atom. The summed E-state index contributed by atoms with van der Waals surface area (Å²) in [4.78, 5) is 44.1. The van der Waals surface area contributed by atoms with Gasteiger partial charge in [0.25, 0.3) is 5.91 Å². The number of nitrogens with one attached hydrogen (secondary N) is 2. The number of carbonyl (C=O) groups excluding carboxylic acids is 3. The van der Waals surface area contributed by atoms with Gasteiger partial charge in [0.1, 0.15) is 24.2 Å². The molecule has 4 aliphatic rings. The molecule has 4 heterocycles. The zero-order valence-corrected chi connectivity index (χ0v) is 22.7. The summed E-state index contributed by atoms with van der Waals surface area (Å²) in [6.07, 6.45) is -3.23. The van der Waals surface area contributed by atoms with Crippen molar-refractivity contribution >= 4 is 23.5 Å². The van der Waals surface area contributed by atoms with Gasteiger partial charge in [-0.15, -0.1) is 0 Å². The molecule has 2 N–H and O–H groups in total. The number of pyridine rings is 1. The van der Waals surface area contributed by atoms with Crippen molar-refractivity contribution in [2.75, 3.05) is 11.9 Å². The predicted octanol–water partition coefficient (Wildman–Crippen LogP) is 4.42. The fourth-order valence-electron chi connectivity index (χ4n) is 6.68. The Hall–Kier alpha value is -4.10. The molecule has 2 aromatic rings. The topological polar surface area (TPSA) is 105 Å². The minimum atomic E-state index is -4.84. The highest BCUT2D eigenvalue weighted by Gasteiger charge is 2.52. The Labute approximate surface area is 241 Å². The van der Waals surface area contributed by atoms with Gasteiger partial charge in [0, 0.05) is 30.1 Å². The predicted molar refractivity (Wildman–Crippen MR) is 139 cm³/mol. The third-order valence-electron chi connectivity index (χ3n) is 8.85. The molecule has 43 heavy (non-hydrogen) atoms. The Kier molecular flexibility index (Phi) is 6.73. The van der Waals surface area contributed by atoms with E-state index < -0.39 is 72.0 Å². The quantitative estimate of drug-likeness (QED) is 0.501. The van der Waals surface area contributed by atoms with Gasteiger partial charge in [0.2, 0.25) is 11.8 Å². The zero-order valence-electron chi connectivity index (χ0n) is 22.7. The van der Waals surface area contributed by atoms with Crippen LogP contribution in [0, 0.1) is 5.92 Å². The van der Waals surface area contributed by atoms with Crippen molar-refractivity contribution in [1.82, 2.24) is 15.2 Å². The lowest BCUT2D eigenvalue weighted by Gasteiger charge is -2.45. The first kappa shape index (κ1) is 29.0. The van der Waals surface area contributed by atoms with Crippen LogP contribution in [0.4, 0.5) is 32.2 Å². The maximum atomic E-state index is 14.8. The van der Waals surface area contributed by atoms with Gasteiger partial charge in [0.15, 0.2) is 11.9 Å². The summed E-state index contributed by atoms with van der Waals surface area (Å²) in [5.74, 6) is -6.68. The minimum absolute atomic E-state index is 0.207. The number of hydrogen-bond acceptors (Lipinski definition) is 5. The summed E-state index contributed by atoms with van der Waals surface area (Å²) >= 11 is 0. The smallest absolute Gasteiger partial charge is 0.406 e. The van der Waals surface area contributed by atoms with Crippen molar-refractivity contribution in [2.24, 2.45) is 5.92 Å². The van der Waals surface area contributed by atoms with Crippen molar-refractivity contribution < 1.29 is 45.1 Å². The number of rotatable bonds is 4. The van der Waals surface area contributed by atoms with Crippen LogP contribution >= 0.6 is 0 Å². The molecular formula is C29H26F6N4O4. The molecular weight excluding hydrogens is 582 g/mol. The number of fused-ring (bicyclic) bond motifs is 3. The van der Waals surface area contributed by atoms with Gasteiger partial charge in [-0.2, -0.15) is 22.0 Å². The molecule has 1 saturated heterocycles. The van der Waals surface area contributed by atoms with E-state index in [0.717, 1.165) is 17.7 Å². The highest BCUT2D eigenvalue weighted by molar-refractivity contribution is 6.05. The number of alkyl halides is 6. The van der Waals surface area contributed by atoms with Crippen molar-refractivity contribution in [3.63, 3.8) is 0 Å². The van der Waals surface area contributed by atoms with Gasteiger partial charge in [-0.05, 0) is 55.5 Å². The summed E-state index contributed by atoms with van der Waals surface area (Å²) < 4.78 is 89.2. The summed E-state index contributed by atoms with van der Waals surface area (Å²) in [5, 5.41) is 5.16. The largest absolute Gasteiger partial charge is 0.456 e. The number of piperidine rings is 1. The average molecular weight is 609 g/mol. The van der Waals surface area contributed by atoms with E-state index in [-0.39, 0.29) is 18.1 Å². The monoisotopic (exact) mass is 608 g/mol. The van der Waals surface area contributed by atoms with E-state index >= 15 is 0 Å². The fraction of sp³-hybridized carbons (Fsp3) is 0.448. The number of aromatic nitrogens is 1. The van der Waals surface area contributed by atoms with Gasteiger partial charge >= 0.3 is 12.1 Å². The van der Waals surface area contributed by atoms with Crippen LogP contribution in [-0.4, -0.2) is 64.5 Å². The maximum absolute atomic E-state index is 14.8. The van der Waals surface area contributed by atoms with Crippen LogP contribution in [0.5, 0.6) is 0 Å². The fourth-order valence-corrected chi connectivity index (χ4v) is 6.68. The number of anilines is 1. The summed E-state index contributed by atoms with van der Waals surface area (Å²) in [6, 6.07) is 2.08. The molecule has 0 aromatic carbocycles. The molecule has 4 unspecified atom stereocenters. The number of amides is 3. The second kappa shape index (κ2) is 9.98. The second-order valence-corrected chi connectivity index (χ2v) is 11.4. The van der Waals surface area contributed by atoms with Gasteiger partial charge in [-0.25, -0.2) is 9.37 Å². The minimum Gasteiger partial charge on any atom is -0.456 e. The average Bonchev–Trinajstić information content (AvgIpc) is 3.48. The van der Waals surface area contributed by atoms with Crippen LogP contribution in [0.2, 0.25) is 0 Å². The van der Waals surface area contributed by atoms with E-state index in [2.05, 4.69) is 15.6 Å². The Morgan fingerprint density at radius 2 is 2.05 bits per heavy atom. The van der Waals surface area contributed by atoms with Crippen LogP contribution < -0.4 is 10.6 Å². The van der Waals surface area contributed by atoms with Crippen LogP contribution in [0.15, 0.2) is 52.6 Å². The third-order valence-corrected chi connectivity index (χ3v) is 8.85. The number of nitrogens with zero attached hydrogens (tertiary/aromatic N) is 2. The van der Waals surface area contributed by atoms with Gasteiger partial charge in [0.05, 0.1) is 5.41 Å². The van der Waals surface area contributed by atoms with E-state index in [1.807, 2.05) is 0 Å². The molecule has 0 radical (unpaired) electrons. The molecule has 2 aliphatic carbocycles. The SMILES string of the molecule is CC1C(C2=CC=CC(F)(F)C2F)CC(NC(=O)c2cc3c(o2)CC[C@]2(C3)C(=O)Nc3ncccc32)C(=O)N1CC(F)(F)F. The van der Waals surface area contributed by atoms with E-state index in [1.165, 1.54) is 13.0 Å². The van der Waals surface area contributed by atoms with E-state index in [0.29, 0.717) is 41.0 Å². The Bertz CT molecular complexity index is 1570. The van der Waals surface area contributed by atoms with Crippen molar-refractivity contribution in [3.05, 3.63) is 70.8 Å². The summed E-state index contributed by atoms with van der Waals surface area (Å²) in [7, 11) is 0. The molecule has 5 atom stereocenters. The standard InChI is InChI=1S/C29H26F6N4O4/c1-14-17(16-4-2-7-28(31,32)22(16)30)11-19(25(41)39(14)13-29(33,34)35)37-24(40)21-10-15-12-27(8-6-20(15)43-21)18-5-3-9-36-23(18)38-26(27)42/h2-5,7,9-10,14,17,19,22H,6,8,11-13H2,1H3,(H,37,40)(H,36,38,42)/t14?,17?,19?,22?,27-/m1/s1. The molecule has 1 spiro atoms. The number of carbonyl (C=O) groups is 3. The number of hydrogen-bond donors (Lipinski definition) is 2. The van der Waals surface area contributed by atoms with E-state index in [1.54, 1.807) is 18.3 Å². The van der Waals surface area contributed by atoms with Crippen molar-refractivity contribution in [1.29, 1.82) is 0 Å². The molecule has 8 nitrogen and oxygen atoms in total. The van der Waals surface area contributed by atoms with E-state index in [4.69, 9.17) is 4.42 Å². The molecule has 0 bridgehead atoms. The zero-order chi connectivity index (χ0) is 30.9. The lowest BCUT2D eigenvalue weighted by molar-refractivity contribution is -0.172. The molecule has 0 saturated carbocycles. The maximum Gasteiger partial charge on any atom is 0.406 e. The van der Waals surface area contributed by atoms with Crippen LogP contribution in [0.3, 0.4) is 0 Å². The number of aryl methyl sites for hydroxylation is 1. The van der Waals surface area contributed by atoms with E-state index in [9.17, 15) is 40.7 Å². The normalized spacial score (nSPS) is 29.7. The molecule has 1 fully saturated rings. The number of likely N-dealkylation sites (tertiary alicyclic amines) is 1. The first-order chi connectivity index (χ1) is 20.2. The summed E-state index contributed by atoms with van der Waals surface area (Å²) in [6.45, 7) is -0.471. The summed E-state index contributed by atoms with van der Waals surface area (Å²) in [5.41, 5.74) is -0.0752. The molecule has 228 valence electrons. The third kappa shape index (κ3) is 4.89. The highest BCUT2D eigenvalue weighted by Crippen LogP contribution is 2.46. The lowest BCUT2D eigenvalue weighted by Crippen LogP contribution is -2.61.